The molecule has 0 heterocycles. The molecule has 0 aromatic heterocycles. The summed E-state index contributed by atoms with van der Waals surface area (Å²) in [6, 6.07) is 13.3. The first kappa shape index (κ1) is 13.4. The maximum Gasteiger partial charge on any atom is 0.139 e. The minimum atomic E-state index is -1.20. The van der Waals surface area contributed by atoms with Crippen LogP contribution < -0.4 is 0 Å². The molecule has 2 aromatic carbocycles. The van der Waals surface area contributed by atoms with Crippen molar-refractivity contribution in [3.05, 3.63) is 69.7 Å². The minimum absolute atomic E-state index is 0.180. The van der Waals surface area contributed by atoms with Crippen LogP contribution in [-0.4, -0.2) is 18.8 Å². The molecule has 0 spiro atoms. The Morgan fingerprint density at radius 2 is 1.75 bits per heavy atom. The summed E-state index contributed by atoms with van der Waals surface area (Å²) in [7, 11) is 1.59. The molecule has 0 fully saturated rings. The number of fused-ring (bicyclic) bond motifs is 2. The minimum Gasteiger partial charge on any atom is -0.381 e. The third kappa shape index (κ3) is 2.06. The molecule has 3 rings (SSSR count). The van der Waals surface area contributed by atoms with E-state index < -0.39 is 5.60 Å². The van der Waals surface area contributed by atoms with Crippen molar-refractivity contribution in [3.63, 3.8) is 0 Å². The summed E-state index contributed by atoms with van der Waals surface area (Å²) in [5, 5.41) is 11.9. The van der Waals surface area contributed by atoms with E-state index in [1.807, 2.05) is 54.6 Å². The van der Waals surface area contributed by atoms with Crippen LogP contribution in [-0.2, 0) is 10.3 Å². The predicted octanol–water partition coefficient (Wildman–Crippen LogP) is 3.71. The van der Waals surface area contributed by atoms with E-state index in [0.717, 1.165) is 22.3 Å². The first-order chi connectivity index (χ1) is 9.65. The third-order valence-electron chi connectivity index (χ3n) is 3.66. The fraction of sp³-hybridized carbons (Fsp3) is 0.176. The molecule has 20 heavy (non-hydrogen) atoms. The van der Waals surface area contributed by atoms with Crippen LogP contribution in [0.2, 0.25) is 5.02 Å². The summed E-state index contributed by atoms with van der Waals surface area (Å²) >= 11 is 6.11. The van der Waals surface area contributed by atoms with Crippen LogP contribution in [0.5, 0.6) is 0 Å². The van der Waals surface area contributed by atoms with E-state index >= 15 is 0 Å². The quantitative estimate of drug-likeness (QED) is 0.912. The number of benzene rings is 2. The predicted molar refractivity (Wildman–Crippen MR) is 81.7 cm³/mol. The fourth-order valence-electron chi connectivity index (χ4n) is 2.74. The number of aliphatic hydroxyl groups is 1. The average molecular weight is 287 g/mol. The van der Waals surface area contributed by atoms with Gasteiger partial charge in [-0.25, -0.2) is 0 Å². The van der Waals surface area contributed by atoms with E-state index in [9.17, 15) is 5.11 Å². The smallest absolute Gasteiger partial charge is 0.139 e. The molecule has 102 valence electrons. The summed E-state index contributed by atoms with van der Waals surface area (Å²) in [5.74, 6) is 0. The van der Waals surface area contributed by atoms with Gasteiger partial charge in [0.05, 0.1) is 6.61 Å². The maximum atomic E-state index is 11.3. The number of rotatable bonds is 2. The lowest BCUT2D eigenvalue weighted by Crippen LogP contribution is -2.33. The molecule has 2 nitrogen and oxygen atoms in total. The zero-order valence-corrected chi connectivity index (χ0v) is 11.9. The van der Waals surface area contributed by atoms with Crippen LogP contribution >= 0.6 is 11.6 Å². The highest BCUT2D eigenvalue weighted by atomic mass is 35.5. The number of ether oxygens (including phenoxy) is 1. The summed E-state index contributed by atoms with van der Waals surface area (Å²) in [6.45, 7) is 0.180. The molecule has 0 bridgehead atoms. The van der Waals surface area contributed by atoms with E-state index in [1.54, 1.807) is 7.11 Å². The first-order valence-electron chi connectivity index (χ1n) is 6.44. The van der Waals surface area contributed by atoms with E-state index in [0.29, 0.717) is 5.02 Å². The topological polar surface area (TPSA) is 29.5 Å². The Labute approximate surface area is 123 Å². The molecule has 0 aliphatic heterocycles. The van der Waals surface area contributed by atoms with Crippen molar-refractivity contribution in [3.8, 4) is 0 Å². The molecule has 3 heteroatoms. The largest absolute Gasteiger partial charge is 0.381 e. The van der Waals surface area contributed by atoms with Crippen molar-refractivity contribution in [1.82, 2.24) is 0 Å². The third-order valence-corrected chi connectivity index (χ3v) is 3.90. The molecule has 0 unspecified atom stereocenters. The fourth-order valence-corrected chi connectivity index (χ4v) is 2.91. The van der Waals surface area contributed by atoms with Gasteiger partial charge in [0.2, 0.25) is 0 Å². The number of hydrogen-bond acceptors (Lipinski definition) is 2. The zero-order valence-electron chi connectivity index (χ0n) is 11.1. The Bertz CT molecular complexity index is 678. The van der Waals surface area contributed by atoms with Gasteiger partial charge in [-0.1, -0.05) is 54.1 Å². The summed E-state index contributed by atoms with van der Waals surface area (Å²) < 4.78 is 5.27. The summed E-state index contributed by atoms with van der Waals surface area (Å²) in [4.78, 5) is 0. The van der Waals surface area contributed by atoms with Gasteiger partial charge in [-0.05, 0) is 34.4 Å². The second kappa shape index (κ2) is 5.06. The second-order valence-corrected chi connectivity index (χ2v) is 5.38. The van der Waals surface area contributed by atoms with Crippen LogP contribution in [0.3, 0.4) is 0 Å². The lowest BCUT2D eigenvalue weighted by molar-refractivity contribution is -0.00339. The van der Waals surface area contributed by atoms with Gasteiger partial charge in [0.25, 0.3) is 0 Å². The Hall–Kier alpha value is -1.61. The standard InChI is InChI=1S/C17H15ClO2/c1-20-11-17(19)15-5-3-2-4-12(15)6-7-13-8-9-14(18)10-16(13)17/h2-10,19H,11H2,1H3/t17-/m0/s1. The van der Waals surface area contributed by atoms with Gasteiger partial charge < -0.3 is 9.84 Å². The van der Waals surface area contributed by atoms with E-state index in [2.05, 4.69) is 0 Å². The van der Waals surface area contributed by atoms with Gasteiger partial charge in [0.1, 0.15) is 5.60 Å². The van der Waals surface area contributed by atoms with Gasteiger partial charge in [0.15, 0.2) is 0 Å². The molecule has 2 aromatic rings. The normalized spacial score (nSPS) is 20.1. The van der Waals surface area contributed by atoms with E-state index in [4.69, 9.17) is 16.3 Å². The van der Waals surface area contributed by atoms with Crippen molar-refractivity contribution in [2.24, 2.45) is 0 Å². The number of halogens is 1. The molecule has 1 N–H and O–H groups in total. The van der Waals surface area contributed by atoms with Crippen LogP contribution in [0.15, 0.2) is 42.5 Å². The van der Waals surface area contributed by atoms with Crippen LogP contribution in [0.4, 0.5) is 0 Å². The molecule has 0 saturated carbocycles. The Kier molecular flexibility index (Phi) is 3.38. The van der Waals surface area contributed by atoms with E-state index in [-0.39, 0.29) is 6.61 Å². The molecular weight excluding hydrogens is 272 g/mol. The molecule has 1 atom stereocenters. The van der Waals surface area contributed by atoms with Gasteiger partial charge in [-0.3, -0.25) is 0 Å². The Morgan fingerprint density at radius 1 is 1.05 bits per heavy atom. The molecule has 0 saturated heterocycles. The summed E-state index contributed by atoms with van der Waals surface area (Å²) in [6.07, 6.45) is 4.01. The van der Waals surface area contributed by atoms with Crippen molar-refractivity contribution in [2.75, 3.05) is 13.7 Å². The van der Waals surface area contributed by atoms with Gasteiger partial charge >= 0.3 is 0 Å². The van der Waals surface area contributed by atoms with Crippen LogP contribution in [0, 0.1) is 0 Å². The SMILES string of the molecule is COC[C@]1(O)c2ccccc2C=Cc2ccc(Cl)cc21. The first-order valence-corrected chi connectivity index (χ1v) is 6.82. The number of methoxy groups -OCH3 is 1. The van der Waals surface area contributed by atoms with Crippen LogP contribution in [0.1, 0.15) is 22.3 Å². The molecule has 1 aliphatic rings. The van der Waals surface area contributed by atoms with Gasteiger partial charge in [-0.15, -0.1) is 0 Å². The van der Waals surface area contributed by atoms with Crippen molar-refractivity contribution >= 4 is 23.8 Å². The van der Waals surface area contributed by atoms with E-state index in [1.165, 1.54) is 0 Å². The lowest BCUT2D eigenvalue weighted by atomic mass is 9.84. The Balaban J connectivity index is 2.32. The second-order valence-electron chi connectivity index (χ2n) is 4.95. The van der Waals surface area contributed by atoms with Crippen molar-refractivity contribution < 1.29 is 9.84 Å². The van der Waals surface area contributed by atoms with Gasteiger partial charge in [0, 0.05) is 12.1 Å². The monoisotopic (exact) mass is 286 g/mol. The Morgan fingerprint density at radius 3 is 2.50 bits per heavy atom. The number of hydrogen-bond donors (Lipinski definition) is 1. The van der Waals surface area contributed by atoms with Gasteiger partial charge in [-0.2, -0.15) is 0 Å². The summed E-state index contributed by atoms with van der Waals surface area (Å²) in [5.41, 5.74) is 2.34. The molecule has 1 aliphatic carbocycles. The molecule has 0 amide bonds. The van der Waals surface area contributed by atoms with Crippen molar-refractivity contribution in [1.29, 1.82) is 0 Å². The average Bonchev–Trinajstić information content (AvgIpc) is 2.57. The van der Waals surface area contributed by atoms with Crippen LogP contribution in [0.25, 0.3) is 12.2 Å². The zero-order chi connectivity index (χ0) is 14.2. The lowest BCUT2D eigenvalue weighted by Gasteiger charge is -2.30. The molecular formula is C17H15ClO2. The van der Waals surface area contributed by atoms with Crippen molar-refractivity contribution in [2.45, 2.75) is 5.60 Å². The highest BCUT2D eigenvalue weighted by Gasteiger charge is 2.36. The highest BCUT2D eigenvalue weighted by molar-refractivity contribution is 6.30. The molecule has 0 radical (unpaired) electrons. The maximum absolute atomic E-state index is 11.3. The highest BCUT2D eigenvalue weighted by Crippen LogP contribution is 2.39.